The zero-order chi connectivity index (χ0) is 19.0. The highest BCUT2D eigenvalue weighted by Crippen LogP contribution is 2.13. The molecule has 25 heavy (non-hydrogen) atoms. The van der Waals surface area contributed by atoms with E-state index in [1.807, 2.05) is 18.7 Å². The molecule has 0 bridgehead atoms. The number of anilines is 1. The fourth-order valence-electron chi connectivity index (χ4n) is 2.70. The van der Waals surface area contributed by atoms with E-state index >= 15 is 0 Å². The number of likely N-dealkylation sites (N-methyl/N-ethyl adjacent to an activating group) is 1. The number of carbonyl (C=O) groups is 2. The van der Waals surface area contributed by atoms with Crippen LogP contribution in [0.5, 0.6) is 0 Å². The molecule has 2 amide bonds. The van der Waals surface area contributed by atoms with E-state index in [1.165, 1.54) is 18.2 Å². The Bertz CT molecular complexity index is 570. The summed E-state index contributed by atoms with van der Waals surface area (Å²) in [7, 11) is 1.73. The maximum absolute atomic E-state index is 13.1. The first-order valence-electron chi connectivity index (χ1n) is 8.83. The van der Waals surface area contributed by atoms with Crippen molar-refractivity contribution in [3.63, 3.8) is 0 Å². The number of rotatable bonds is 9. The third-order valence-corrected chi connectivity index (χ3v) is 4.35. The van der Waals surface area contributed by atoms with Crippen LogP contribution in [0.25, 0.3) is 0 Å². The average Bonchev–Trinajstić information content (AvgIpc) is 2.54. The molecule has 0 aliphatic rings. The maximum atomic E-state index is 13.1. The van der Waals surface area contributed by atoms with Crippen LogP contribution in [-0.2, 0) is 9.59 Å². The second kappa shape index (κ2) is 10.1. The van der Waals surface area contributed by atoms with Crippen molar-refractivity contribution in [1.29, 1.82) is 0 Å². The summed E-state index contributed by atoms with van der Waals surface area (Å²) in [6.45, 7) is 8.44. The van der Waals surface area contributed by atoms with Crippen molar-refractivity contribution in [1.82, 2.24) is 9.80 Å². The Hall–Kier alpha value is -1.95. The second-order valence-corrected chi connectivity index (χ2v) is 6.55. The average molecular weight is 351 g/mol. The van der Waals surface area contributed by atoms with Crippen LogP contribution in [0.2, 0.25) is 0 Å². The Balaban J connectivity index is 2.60. The van der Waals surface area contributed by atoms with E-state index in [4.69, 9.17) is 0 Å². The summed E-state index contributed by atoms with van der Waals surface area (Å²) in [6, 6.07) is 6.07. The van der Waals surface area contributed by atoms with Gasteiger partial charge in [0.1, 0.15) is 5.82 Å². The molecule has 1 rings (SSSR count). The van der Waals surface area contributed by atoms with Gasteiger partial charge < -0.3 is 10.2 Å². The van der Waals surface area contributed by atoms with Crippen molar-refractivity contribution < 1.29 is 14.0 Å². The summed E-state index contributed by atoms with van der Waals surface area (Å²) < 4.78 is 13.1. The van der Waals surface area contributed by atoms with Crippen molar-refractivity contribution in [3.8, 4) is 0 Å². The number of amides is 2. The molecule has 6 heteroatoms. The van der Waals surface area contributed by atoms with Gasteiger partial charge in [0.15, 0.2) is 0 Å². The van der Waals surface area contributed by atoms with E-state index < -0.39 is 5.82 Å². The van der Waals surface area contributed by atoms with E-state index in [9.17, 15) is 14.0 Å². The van der Waals surface area contributed by atoms with Gasteiger partial charge in [0.25, 0.3) is 0 Å². The number of nitrogens with one attached hydrogen (secondary N) is 1. The van der Waals surface area contributed by atoms with Crippen molar-refractivity contribution in [2.75, 3.05) is 25.5 Å². The Morgan fingerprint density at radius 2 is 1.72 bits per heavy atom. The molecule has 5 nitrogen and oxygen atoms in total. The smallest absolute Gasteiger partial charge is 0.238 e. The molecule has 0 aromatic heterocycles. The van der Waals surface area contributed by atoms with Gasteiger partial charge in [0, 0.05) is 17.8 Å². The van der Waals surface area contributed by atoms with Crippen LogP contribution in [0, 0.1) is 5.82 Å². The lowest BCUT2D eigenvalue weighted by Gasteiger charge is -2.35. The zero-order valence-corrected chi connectivity index (χ0v) is 15.9. The lowest BCUT2D eigenvalue weighted by Crippen LogP contribution is -2.49. The van der Waals surface area contributed by atoms with Gasteiger partial charge in [0.05, 0.1) is 13.1 Å². The molecule has 0 saturated carbocycles. The van der Waals surface area contributed by atoms with Gasteiger partial charge in [-0.2, -0.15) is 0 Å². The van der Waals surface area contributed by atoms with Gasteiger partial charge in [-0.1, -0.05) is 19.9 Å². The Morgan fingerprint density at radius 3 is 2.24 bits per heavy atom. The van der Waals surface area contributed by atoms with E-state index in [-0.39, 0.29) is 37.0 Å². The highest BCUT2D eigenvalue weighted by Gasteiger charge is 2.24. The molecule has 0 unspecified atom stereocenters. The van der Waals surface area contributed by atoms with Gasteiger partial charge in [-0.05, 0) is 51.9 Å². The van der Waals surface area contributed by atoms with Crippen LogP contribution in [-0.4, -0.2) is 53.8 Å². The van der Waals surface area contributed by atoms with Gasteiger partial charge in [-0.25, -0.2) is 4.39 Å². The molecule has 1 aromatic carbocycles. The van der Waals surface area contributed by atoms with Crippen LogP contribution in [0.3, 0.4) is 0 Å². The number of hydrogen-bond donors (Lipinski definition) is 1. The van der Waals surface area contributed by atoms with Crippen molar-refractivity contribution in [2.45, 2.75) is 52.6 Å². The van der Waals surface area contributed by atoms with Crippen LogP contribution in [0.15, 0.2) is 24.3 Å². The predicted octanol–water partition coefficient (Wildman–Crippen LogP) is 3.12. The largest absolute Gasteiger partial charge is 0.336 e. The van der Waals surface area contributed by atoms with Gasteiger partial charge in [-0.15, -0.1) is 0 Å². The van der Waals surface area contributed by atoms with Gasteiger partial charge >= 0.3 is 0 Å². The van der Waals surface area contributed by atoms with E-state index in [1.54, 1.807) is 18.0 Å². The minimum Gasteiger partial charge on any atom is -0.336 e. The third kappa shape index (κ3) is 6.82. The Labute approximate surface area is 150 Å². The molecule has 1 N–H and O–H groups in total. The third-order valence-electron chi connectivity index (χ3n) is 4.35. The second-order valence-electron chi connectivity index (χ2n) is 6.55. The molecular formula is C19H30FN3O2. The first kappa shape index (κ1) is 21.1. The highest BCUT2D eigenvalue weighted by atomic mass is 19.1. The van der Waals surface area contributed by atoms with E-state index in [2.05, 4.69) is 19.2 Å². The minimum absolute atomic E-state index is 0.0183. The van der Waals surface area contributed by atoms with Crippen LogP contribution < -0.4 is 5.32 Å². The predicted molar refractivity (Wildman–Crippen MR) is 98.9 cm³/mol. The van der Waals surface area contributed by atoms with E-state index in [0.717, 1.165) is 12.8 Å². The van der Waals surface area contributed by atoms with Crippen molar-refractivity contribution >= 4 is 17.5 Å². The number of hydrogen-bond acceptors (Lipinski definition) is 3. The number of benzene rings is 1. The standard InChI is InChI=1S/C19H30FN3O2/c1-6-14(3)23(15(4)7-2)19(25)13-22(5)12-18(24)21-17-10-8-9-16(20)11-17/h8-11,14-15H,6-7,12-13H2,1-5H3,(H,21,24)/t14-,15-/m0/s1. The fourth-order valence-corrected chi connectivity index (χ4v) is 2.70. The molecule has 0 spiro atoms. The molecule has 1 aromatic rings. The molecule has 0 heterocycles. The monoisotopic (exact) mass is 351 g/mol. The van der Waals surface area contributed by atoms with Gasteiger partial charge in [0.2, 0.25) is 11.8 Å². The molecular weight excluding hydrogens is 321 g/mol. The lowest BCUT2D eigenvalue weighted by molar-refractivity contribution is -0.136. The number of carbonyl (C=O) groups excluding carboxylic acids is 2. The Kier molecular flexibility index (Phi) is 8.55. The topological polar surface area (TPSA) is 52.7 Å². The SMILES string of the molecule is CC[C@H](C)N(C(=O)CN(C)CC(=O)Nc1cccc(F)c1)[C@@H](C)CC. The summed E-state index contributed by atoms with van der Waals surface area (Å²) in [6.07, 6.45) is 1.78. The van der Waals surface area contributed by atoms with Crippen LogP contribution in [0.4, 0.5) is 10.1 Å². The van der Waals surface area contributed by atoms with Crippen LogP contribution >= 0.6 is 0 Å². The molecule has 0 aliphatic heterocycles. The first-order chi connectivity index (χ1) is 11.8. The molecule has 2 atom stereocenters. The molecule has 0 aliphatic carbocycles. The number of halogens is 1. The van der Waals surface area contributed by atoms with Gasteiger partial charge in [-0.3, -0.25) is 14.5 Å². The highest BCUT2D eigenvalue weighted by molar-refractivity contribution is 5.92. The Morgan fingerprint density at radius 1 is 1.12 bits per heavy atom. The summed E-state index contributed by atoms with van der Waals surface area (Å²) in [5.74, 6) is -0.664. The van der Waals surface area contributed by atoms with Crippen molar-refractivity contribution in [2.24, 2.45) is 0 Å². The zero-order valence-electron chi connectivity index (χ0n) is 15.9. The normalized spacial score (nSPS) is 13.4. The van der Waals surface area contributed by atoms with Crippen LogP contribution in [0.1, 0.15) is 40.5 Å². The lowest BCUT2D eigenvalue weighted by atomic mass is 10.1. The van der Waals surface area contributed by atoms with E-state index in [0.29, 0.717) is 5.69 Å². The first-order valence-corrected chi connectivity index (χ1v) is 8.83. The molecule has 0 saturated heterocycles. The minimum atomic E-state index is -0.404. The number of nitrogens with zero attached hydrogens (tertiary/aromatic N) is 2. The molecule has 140 valence electrons. The molecule has 0 radical (unpaired) electrons. The quantitative estimate of drug-likeness (QED) is 0.744. The molecule has 0 fully saturated rings. The summed E-state index contributed by atoms with van der Waals surface area (Å²) >= 11 is 0. The maximum Gasteiger partial charge on any atom is 0.238 e. The van der Waals surface area contributed by atoms with Crippen molar-refractivity contribution in [3.05, 3.63) is 30.1 Å². The fraction of sp³-hybridized carbons (Fsp3) is 0.579. The summed E-state index contributed by atoms with van der Waals surface area (Å²) in [4.78, 5) is 28.3. The summed E-state index contributed by atoms with van der Waals surface area (Å²) in [5.41, 5.74) is 0.408. The summed E-state index contributed by atoms with van der Waals surface area (Å²) in [5, 5.41) is 2.64.